The third-order valence-electron chi connectivity index (χ3n) is 2.90. The van der Waals surface area contributed by atoms with Crippen molar-refractivity contribution < 1.29 is 9.59 Å². The Hall–Kier alpha value is -2.42. The van der Waals surface area contributed by atoms with Crippen molar-refractivity contribution in [1.82, 2.24) is 5.32 Å². The number of allylic oxidation sites excluding steroid dienone is 11. The van der Waals surface area contributed by atoms with Crippen LogP contribution in [0.5, 0.6) is 0 Å². The summed E-state index contributed by atoms with van der Waals surface area (Å²) < 4.78 is 0. The number of Topliss-reactive ketones (excluding diaryl/α,β-unsaturated/α-hetero) is 1. The third kappa shape index (κ3) is 6.52. The molecule has 3 nitrogen and oxygen atoms in total. The molecular formula is C18H21NO2. The van der Waals surface area contributed by atoms with Crippen LogP contribution in [0.25, 0.3) is 0 Å². The molecule has 1 aliphatic rings. The van der Waals surface area contributed by atoms with Crippen molar-refractivity contribution in [3.63, 3.8) is 0 Å². The summed E-state index contributed by atoms with van der Waals surface area (Å²) in [7, 11) is 0. The fourth-order valence-electron chi connectivity index (χ4n) is 1.77. The lowest BCUT2D eigenvalue weighted by atomic mass is 10.2. The van der Waals surface area contributed by atoms with Crippen LogP contribution >= 0.6 is 0 Å². The molecule has 0 spiro atoms. The zero-order valence-electron chi connectivity index (χ0n) is 12.5. The number of hydrogen-bond acceptors (Lipinski definition) is 2. The van der Waals surface area contributed by atoms with E-state index in [0.29, 0.717) is 12.1 Å². The van der Waals surface area contributed by atoms with Gasteiger partial charge in [0, 0.05) is 12.5 Å². The van der Waals surface area contributed by atoms with Gasteiger partial charge in [-0.3, -0.25) is 9.59 Å². The van der Waals surface area contributed by atoms with Gasteiger partial charge in [-0.05, 0) is 25.8 Å². The second-order valence-corrected chi connectivity index (χ2v) is 4.61. The van der Waals surface area contributed by atoms with Crippen LogP contribution in [0.15, 0.2) is 72.0 Å². The van der Waals surface area contributed by atoms with Gasteiger partial charge in [0.05, 0.1) is 5.70 Å². The quantitative estimate of drug-likeness (QED) is 0.598. The van der Waals surface area contributed by atoms with Gasteiger partial charge < -0.3 is 5.32 Å². The molecule has 0 radical (unpaired) electrons. The van der Waals surface area contributed by atoms with Crippen molar-refractivity contribution in [1.29, 1.82) is 0 Å². The van der Waals surface area contributed by atoms with Gasteiger partial charge in [0.1, 0.15) is 0 Å². The maximum Gasteiger partial charge on any atom is 0.248 e. The lowest BCUT2D eigenvalue weighted by molar-refractivity contribution is -0.119. The van der Waals surface area contributed by atoms with E-state index in [2.05, 4.69) is 5.32 Å². The number of nitrogens with one attached hydrogen (secondary N) is 1. The minimum absolute atomic E-state index is 0.0145. The molecule has 0 unspecified atom stereocenters. The predicted octanol–water partition coefficient (Wildman–Crippen LogP) is 3.54. The zero-order chi connectivity index (χ0) is 15.5. The molecule has 0 aliphatic heterocycles. The Morgan fingerprint density at radius 1 is 0.952 bits per heavy atom. The SMILES string of the molecule is CC=CC=CC=CC=CC=CC(=O)NC1=C(C)CCC1=O. The Bertz CT molecular complexity index is 558. The minimum atomic E-state index is -0.277. The van der Waals surface area contributed by atoms with Crippen LogP contribution in [-0.2, 0) is 9.59 Å². The van der Waals surface area contributed by atoms with Crippen molar-refractivity contribution in [2.75, 3.05) is 0 Å². The Balaban J connectivity index is 2.38. The lowest BCUT2D eigenvalue weighted by Gasteiger charge is -2.02. The molecule has 21 heavy (non-hydrogen) atoms. The second-order valence-electron chi connectivity index (χ2n) is 4.61. The van der Waals surface area contributed by atoms with Crippen LogP contribution < -0.4 is 5.32 Å². The van der Waals surface area contributed by atoms with Crippen molar-refractivity contribution in [2.24, 2.45) is 0 Å². The molecule has 0 bridgehead atoms. The zero-order valence-corrected chi connectivity index (χ0v) is 12.5. The lowest BCUT2D eigenvalue weighted by Crippen LogP contribution is -2.24. The Morgan fingerprint density at radius 2 is 1.52 bits per heavy atom. The smallest absolute Gasteiger partial charge is 0.248 e. The van der Waals surface area contributed by atoms with Gasteiger partial charge in [0.25, 0.3) is 0 Å². The van der Waals surface area contributed by atoms with E-state index in [1.807, 2.05) is 56.4 Å². The van der Waals surface area contributed by atoms with Gasteiger partial charge in [-0.15, -0.1) is 0 Å². The van der Waals surface area contributed by atoms with Crippen molar-refractivity contribution in [3.8, 4) is 0 Å². The average Bonchev–Trinajstić information content (AvgIpc) is 2.77. The van der Waals surface area contributed by atoms with Gasteiger partial charge >= 0.3 is 0 Å². The number of hydrogen-bond donors (Lipinski definition) is 1. The first-order chi connectivity index (χ1) is 10.1. The largest absolute Gasteiger partial charge is 0.320 e. The summed E-state index contributed by atoms with van der Waals surface area (Å²) in [4.78, 5) is 23.2. The highest BCUT2D eigenvalue weighted by molar-refractivity contribution is 6.03. The Labute approximate surface area is 126 Å². The van der Waals surface area contributed by atoms with Gasteiger partial charge in [-0.2, -0.15) is 0 Å². The van der Waals surface area contributed by atoms with Gasteiger partial charge in [0.15, 0.2) is 5.78 Å². The summed E-state index contributed by atoms with van der Waals surface area (Å²) in [6.45, 7) is 3.83. The summed E-state index contributed by atoms with van der Waals surface area (Å²) in [5.41, 5.74) is 1.41. The number of carbonyl (C=O) groups excluding carboxylic acids is 2. The van der Waals surface area contributed by atoms with E-state index in [-0.39, 0.29) is 11.7 Å². The molecular weight excluding hydrogens is 262 g/mol. The monoisotopic (exact) mass is 283 g/mol. The maximum absolute atomic E-state index is 11.6. The number of rotatable bonds is 6. The maximum atomic E-state index is 11.6. The first-order valence-electron chi connectivity index (χ1n) is 6.98. The summed E-state index contributed by atoms with van der Waals surface area (Å²) in [6, 6.07) is 0. The summed E-state index contributed by atoms with van der Waals surface area (Å²) in [5, 5.41) is 2.64. The van der Waals surface area contributed by atoms with E-state index in [4.69, 9.17) is 0 Å². The van der Waals surface area contributed by atoms with E-state index in [1.54, 1.807) is 12.2 Å². The summed E-state index contributed by atoms with van der Waals surface area (Å²) in [5.74, 6) is -0.262. The molecule has 3 heteroatoms. The van der Waals surface area contributed by atoms with E-state index < -0.39 is 0 Å². The average molecular weight is 283 g/mol. The highest BCUT2D eigenvalue weighted by atomic mass is 16.2. The fourth-order valence-corrected chi connectivity index (χ4v) is 1.77. The van der Waals surface area contributed by atoms with Crippen LogP contribution in [0.1, 0.15) is 26.7 Å². The van der Waals surface area contributed by atoms with E-state index in [1.165, 1.54) is 6.08 Å². The molecule has 1 aliphatic carbocycles. The topological polar surface area (TPSA) is 46.2 Å². The summed E-state index contributed by atoms with van der Waals surface area (Å²) >= 11 is 0. The molecule has 0 heterocycles. The van der Waals surface area contributed by atoms with Gasteiger partial charge in [-0.25, -0.2) is 0 Å². The highest BCUT2D eigenvalue weighted by Gasteiger charge is 2.20. The summed E-state index contributed by atoms with van der Waals surface area (Å²) in [6.07, 6.45) is 19.4. The fraction of sp³-hybridized carbons (Fsp3) is 0.222. The number of carbonyl (C=O) groups is 2. The third-order valence-corrected chi connectivity index (χ3v) is 2.90. The molecule has 110 valence electrons. The molecule has 1 amide bonds. The van der Waals surface area contributed by atoms with Crippen molar-refractivity contribution in [3.05, 3.63) is 72.0 Å². The van der Waals surface area contributed by atoms with Crippen molar-refractivity contribution in [2.45, 2.75) is 26.7 Å². The molecule has 0 atom stereocenters. The first-order valence-corrected chi connectivity index (χ1v) is 6.98. The van der Waals surface area contributed by atoms with E-state index in [0.717, 1.165) is 12.0 Å². The van der Waals surface area contributed by atoms with Crippen LogP contribution in [0.2, 0.25) is 0 Å². The molecule has 0 aromatic rings. The molecule has 1 N–H and O–H groups in total. The molecule has 0 aromatic heterocycles. The Kier molecular flexibility index (Phi) is 7.51. The number of ketones is 1. The Morgan fingerprint density at radius 3 is 2.05 bits per heavy atom. The molecule has 0 aromatic carbocycles. The normalized spacial score (nSPS) is 16.8. The predicted molar refractivity (Wildman–Crippen MR) is 86.5 cm³/mol. The first kappa shape index (κ1) is 16.6. The van der Waals surface area contributed by atoms with Gasteiger partial charge in [-0.1, -0.05) is 54.7 Å². The second kappa shape index (κ2) is 9.48. The van der Waals surface area contributed by atoms with Crippen LogP contribution in [0.4, 0.5) is 0 Å². The minimum Gasteiger partial charge on any atom is -0.320 e. The standard InChI is InChI=1S/C18H21NO2/c1-3-4-5-6-7-8-9-10-11-12-17(21)19-18-15(2)13-14-16(18)20/h3-12H,13-14H2,1-2H3,(H,19,21). The molecule has 1 rings (SSSR count). The van der Waals surface area contributed by atoms with Crippen molar-refractivity contribution >= 4 is 11.7 Å². The molecule has 0 saturated carbocycles. The highest BCUT2D eigenvalue weighted by Crippen LogP contribution is 2.19. The molecule has 0 saturated heterocycles. The van der Waals surface area contributed by atoms with Crippen LogP contribution in [0.3, 0.4) is 0 Å². The molecule has 0 fully saturated rings. The number of amides is 1. The van der Waals surface area contributed by atoms with Crippen LogP contribution in [-0.4, -0.2) is 11.7 Å². The van der Waals surface area contributed by atoms with Gasteiger partial charge in [0.2, 0.25) is 5.91 Å². The van der Waals surface area contributed by atoms with Crippen LogP contribution in [0, 0.1) is 0 Å². The van der Waals surface area contributed by atoms with E-state index >= 15 is 0 Å². The van der Waals surface area contributed by atoms with E-state index in [9.17, 15) is 9.59 Å².